The van der Waals surface area contributed by atoms with Gasteiger partial charge in [0.05, 0.1) is 10.9 Å². The van der Waals surface area contributed by atoms with Crippen LogP contribution in [-0.4, -0.2) is 39.5 Å². The summed E-state index contributed by atoms with van der Waals surface area (Å²) in [5, 5.41) is 2.87. The highest BCUT2D eigenvalue weighted by Gasteiger charge is 2.16. The maximum Gasteiger partial charge on any atom is 0.317 e. The Balaban J connectivity index is 2.91. The molecule has 0 bridgehead atoms. The van der Waals surface area contributed by atoms with E-state index in [9.17, 15) is 13.2 Å². The molecular weight excluding hydrogens is 290 g/mol. The van der Waals surface area contributed by atoms with Crippen LogP contribution >= 0.6 is 0 Å². The summed E-state index contributed by atoms with van der Waals surface area (Å²) in [4.78, 5) is 13.9. The van der Waals surface area contributed by atoms with Crippen LogP contribution in [-0.2, 0) is 10.0 Å². The molecule has 1 aromatic rings. The molecule has 1 rings (SSSR count). The number of rotatable bonds is 6. The molecule has 1 aromatic carbocycles. The Kier molecular flexibility index (Phi) is 6.17. The second-order valence-electron chi connectivity index (χ2n) is 4.62. The second-order valence-corrected chi connectivity index (χ2v) is 6.51. The van der Waals surface area contributed by atoms with Gasteiger partial charge in [-0.25, -0.2) is 17.9 Å². The maximum atomic E-state index is 12.0. The van der Waals surface area contributed by atoms with Crippen molar-refractivity contribution in [3.05, 3.63) is 29.8 Å². The number of hydrogen-bond acceptors (Lipinski definition) is 3. The summed E-state index contributed by atoms with van der Waals surface area (Å²) in [7, 11) is -2.11. The number of nitrogens with zero attached hydrogens (tertiary/aromatic N) is 1. The molecule has 0 aliphatic rings. The average Bonchev–Trinajstić information content (AvgIpc) is 2.48. The fourth-order valence-corrected chi connectivity index (χ4v) is 2.72. The monoisotopic (exact) mass is 313 g/mol. The highest BCUT2D eigenvalue weighted by molar-refractivity contribution is 7.89. The smallest absolute Gasteiger partial charge is 0.317 e. The fraction of sp³-hybridized carbons (Fsp3) is 0.500. The minimum atomic E-state index is -3.48. The van der Waals surface area contributed by atoms with Gasteiger partial charge in [-0.15, -0.1) is 0 Å². The van der Waals surface area contributed by atoms with Gasteiger partial charge in [-0.2, -0.15) is 0 Å². The molecule has 2 N–H and O–H groups in total. The van der Waals surface area contributed by atoms with Crippen molar-refractivity contribution in [2.45, 2.75) is 31.7 Å². The minimum Gasteiger partial charge on any atom is -0.331 e. The summed E-state index contributed by atoms with van der Waals surface area (Å²) in [6.07, 6.45) is 0. The van der Waals surface area contributed by atoms with Gasteiger partial charge in [0.15, 0.2) is 0 Å². The third-order valence-corrected chi connectivity index (χ3v) is 4.74. The molecule has 0 fully saturated rings. The first-order chi connectivity index (χ1) is 9.85. The van der Waals surface area contributed by atoms with Crippen LogP contribution in [0.25, 0.3) is 0 Å². The molecule has 0 spiro atoms. The van der Waals surface area contributed by atoms with Crippen molar-refractivity contribution < 1.29 is 13.2 Å². The third-order valence-electron chi connectivity index (χ3n) is 3.33. The van der Waals surface area contributed by atoms with Gasteiger partial charge in [-0.1, -0.05) is 12.1 Å². The zero-order valence-corrected chi connectivity index (χ0v) is 13.7. The van der Waals surface area contributed by atoms with Gasteiger partial charge in [-0.3, -0.25) is 0 Å². The van der Waals surface area contributed by atoms with Crippen LogP contribution in [0.2, 0.25) is 0 Å². The highest BCUT2D eigenvalue weighted by atomic mass is 32.2. The van der Waals surface area contributed by atoms with E-state index in [-0.39, 0.29) is 17.0 Å². The Morgan fingerprint density at radius 3 is 2.43 bits per heavy atom. The lowest BCUT2D eigenvalue weighted by atomic mass is 10.1. The number of nitrogens with one attached hydrogen (secondary N) is 2. The van der Waals surface area contributed by atoms with Gasteiger partial charge in [0.2, 0.25) is 10.0 Å². The average molecular weight is 313 g/mol. The zero-order chi connectivity index (χ0) is 16.0. The summed E-state index contributed by atoms with van der Waals surface area (Å²) < 4.78 is 25.9. The molecule has 0 heterocycles. The Morgan fingerprint density at radius 2 is 1.90 bits per heavy atom. The molecule has 0 saturated heterocycles. The van der Waals surface area contributed by atoms with Gasteiger partial charge in [0.25, 0.3) is 0 Å². The predicted molar refractivity (Wildman–Crippen MR) is 82.6 cm³/mol. The normalized spacial score (nSPS) is 12.8. The van der Waals surface area contributed by atoms with Crippen molar-refractivity contribution in [2.24, 2.45) is 0 Å². The number of hydrogen-bond donors (Lipinski definition) is 2. The van der Waals surface area contributed by atoms with Crippen LogP contribution in [0.4, 0.5) is 4.79 Å². The van der Waals surface area contributed by atoms with E-state index in [1.54, 1.807) is 23.1 Å². The Morgan fingerprint density at radius 1 is 1.29 bits per heavy atom. The largest absolute Gasteiger partial charge is 0.331 e. The van der Waals surface area contributed by atoms with Gasteiger partial charge < -0.3 is 10.2 Å². The first kappa shape index (κ1) is 17.5. The number of benzene rings is 1. The van der Waals surface area contributed by atoms with Gasteiger partial charge >= 0.3 is 6.03 Å². The molecule has 21 heavy (non-hydrogen) atoms. The molecule has 118 valence electrons. The van der Waals surface area contributed by atoms with Crippen LogP contribution in [0.1, 0.15) is 32.4 Å². The fourth-order valence-electron chi connectivity index (χ4n) is 1.94. The molecule has 0 aliphatic heterocycles. The molecular formula is C14H23N3O3S. The Hall–Kier alpha value is -1.60. The Labute approximate surface area is 126 Å². The lowest BCUT2D eigenvalue weighted by Gasteiger charge is -2.23. The number of carbonyl (C=O) groups excluding carboxylic acids is 1. The molecule has 7 heteroatoms. The molecule has 6 nitrogen and oxygen atoms in total. The summed E-state index contributed by atoms with van der Waals surface area (Å²) in [6, 6.07) is 6.12. The number of urea groups is 1. The molecule has 0 saturated carbocycles. The number of carbonyl (C=O) groups is 1. The SMILES string of the molecule is CCN(CC)C(=O)NC(C)c1cccc(S(=O)(=O)NC)c1. The predicted octanol–water partition coefficient (Wildman–Crippen LogP) is 1.71. The van der Waals surface area contributed by atoms with Crippen molar-refractivity contribution in [3.8, 4) is 0 Å². The topological polar surface area (TPSA) is 78.5 Å². The number of sulfonamides is 1. The van der Waals surface area contributed by atoms with E-state index in [2.05, 4.69) is 10.0 Å². The molecule has 0 aliphatic carbocycles. The lowest BCUT2D eigenvalue weighted by molar-refractivity contribution is 0.200. The van der Waals surface area contributed by atoms with Crippen LogP contribution in [0, 0.1) is 0 Å². The molecule has 2 amide bonds. The van der Waals surface area contributed by atoms with Crippen molar-refractivity contribution in [1.29, 1.82) is 0 Å². The third kappa shape index (κ3) is 4.44. The summed E-state index contributed by atoms with van der Waals surface area (Å²) in [5.74, 6) is 0. The van der Waals surface area contributed by atoms with Crippen LogP contribution < -0.4 is 10.0 Å². The van der Waals surface area contributed by atoms with E-state index < -0.39 is 10.0 Å². The van der Waals surface area contributed by atoms with E-state index in [1.165, 1.54) is 13.1 Å². The van der Waals surface area contributed by atoms with E-state index in [1.807, 2.05) is 20.8 Å². The van der Waals surface area contributed by atoms with Crippen LogP contribution in [0.15, 0.2) is 29.2 Å². The quantitative estimate of drug-likeness (QED) is 0.839. The molecule has 0 aromatic heterocycles. The van der Waals surface area contributed by atoms with E-state index in [4.69, 9.17) is 0 Å². The highest BCUT2D eigenvalue weighted by Crippen LogP contribution is 2.17. The van der Waals surface area contributed by atoms with Crippen LogP contribution in [0.5, 0.6) is 0 Å². The standard InChI is InChI=1S/C14H23N3O3S/c1-5-17(6-2)14(18)16-11(3)12-8-7-9-13(10-12)21(19,20)15-4/h7-11,15H,5-6H2,1-4H3,(H,16,18). The molecule has 1 unspecified atom stereocenters. The van der Waals surface area contributed by atoms with Gasteiger partial charge in [-0.05, 0) is 45.5 Å². The van der Waals surface area contributed by atoms with Crippen LogP contribution in [0.3, 0.4) is 0 Å². The molecule has 0 radical (unpaired) electrons. The maximum absolute atomic E-state index is 12.0. The van der Waals surface area contributed by atoms with Crippen molar-refractivity contribution in [1.82, 2.24) is 14.9 Å². The van der Waals surface area contributed by atoms with Crippen molar-refractivity contribution >= 4 is 16.1 Å². The number of amides is 2. The van der Waals surface area contributed by atoms with Gasteiger partial charge in [0, 0.05) is 13.1 Å². The minimum absolute atomic E-state index is 0.158. The Bertz CT molecular complexity index is 583. The summed E-state index contributed by atoms with van der Waals surface area (Å²) in [5.41, 5.74) is 0.742. The van der Waals surface area contributed by atoms with E-state index >= 15 is 0 Å². The first-order valence-corrected chi connectivity index (χ1v) is 8.43. The summed E-state index contributed by atoms with van der Waals surface area (Å²) >= 11 is 0. The summed E-state index contributed by atoms with van der Waals surface area (Å²) in [6.45, 7) is 6.90. The first-order valence-electron chi connectivity index (χ1n) is 6.94. The van der Waals surface area contributed by atoms with E-state index in [0.29, 0.717) is 13.1 Å². The lowest BCUT2D eigenvalue weighted by Crippen LogP contribution is -2.40. The van der Waals surface area contributed by atoms with Crippen molar-refractivity contribution in [3.63, 3.8) is 0 Å². The second kappa shape index (κ2) is 7.42. The van der Waals surface area contributed by atoms with Gasteiger partial charge in [0.1, 0.15) is 0 Å². The zero-order valence-electron chi connectivity index (χ0n) is 12.9. The molecule has 1 atom stereocenters. The van der Waals surface area contributed by atoms with E-state index in [0.717, 1.165) is 5.56 Å². The van der Waals surface area contributed by atoms with Crippen molar-refractivity contribution in [2.75, 3.05) is 20.1 Å².